The Bertz CT molecular complexity index is 726. The van der Waals surface area contributed by atoms with Crippen LogP contribution in [-0.4, -0.2) is 69.7 Å². The molecule has 2 aliphatic rings. The van der Waals surface area contributed by atoms with Gasteiger partial charge >= 0.3 is 0 Å². The fraction of sp³-hybridized carbons (Fsp3) is 0.588. The number of sulfonamides is 1. The smallest absolute Gasteiger partial charge is 0.243 e. The first-order valence-electron chi connectivity index (χ1n) is 8.61. The Labute approximate surface area is 158 Å². The highest BCUT2D eigenvalue weighted by Gasteiger charge is 2.33. The SMILES string of the molecule is CN(CC(=O)N1CCC(C2OCCO2)CC1)S(=O)(=O)c1ccc(Cl)cc1. The number of ether oxygens (including phenoxy) is 2. The zero-order valence-corrected chi connectivity index (χ0v) is 16.2. The second-order valence-electron chi connectivity index (χ2n) is 6.54. The number of hydrogen-bond acceptors (Lipinski definition) is 5. The van der Waals surface area contributed by atoms with Gasteiger partial charge in [-0.15, -0.1) is 0 Å². The van der Waals surface area contributed by atoms with E-state index in [1.807, 2.05) is 0 Å². The Hall–Kier alpha value is -1.19. The molecule has 0 N–H and O–H groups in total. The van der Waals surface area contributed by atoms with Crippen LogP contribution in [0.4, 0.5) is 0 Å². The van der Waals surface area contributed by atoms with E-state index < -0.39 is 10.0 Å². The van der Waals surface area contributed by atoms with E-state index in [9.17, 15) is 13.2 Å². The number of likely N-dealkylation sites (tertiary alicyclic amines) is 1. The van der Waals surface area contributed by atoms with Crippen LogP contribution in [0.25, 0.3) is 0 Å². The normalized spacial score (nSPS) is 20.0. The largest absolute Gasteiger partial charge is 0.350 e. The summed E-state index contributed by atoms with van der Waals surface area (Å²) in [5.74, 6) is 0.0915. The average molecular weight is 403 g/mol. The van der Waals surface area contributed by atoms with Crippen molar-refractivity contribution >= 4 is 27.5 Å². The summed E-state index contributed by atoms with van der Waals surface area (Å²) in [6.07, 6.45) is 1.42. The molecule has 0 aromatic heterocycles. The summed E-state index contributed by atoms with van der Waals surface area (Å²) in [4.78, 5) is 14.3. The number of benzene rings is 1. The molecule has 2 fully saturated rings. The molecule has 2 aliphatic heterocycles. The third-order valence-corrected chi connectivity index (χ3v) is 6.87. The second-order valence-corrected chi connectivity index (χ2v) is 9.02. The van der Waals surface area contributed by atoms with Gasteiger partial charge in [-0.05, 0) is 37.1 Å². The molecule has 0 bridgehead atoms. The van der Waals surface area contributed by atoms with Crippen LogP contribution >= 0.6 is 11.6 Å². The quantitative estimate of drug-likeness (QED) is 0.747. The second kappa shape index (κ2) is 8.22. The number of amides is 1. The van der Waals surface area contributed by atoms with Gasteiger partial charge in [0.05, 0.1) is 24.7 Å². The molecular weight excluding hydrogens is 380 g/mol. The van der Waals surface area contributed by atoms with E-state index in [1.165, 1.54) is 31.3 Å². The van der Waals surface area contributed by atoms with Gasteiger partial charge in [0.1, 0.15) is 0 Å². The van der Waals surface area contributed by atoms with Gasteiger partial charge in [-0.3, -0.25) is 4.79 Å². The van der Waals surface area contributed by atoms with Crippen LogP contribution in [0.5, 0.6) is 0 Å². The van der Waals surface area contributed by atoms with E-state index in [4.69, 9.17) is 21.1 Å². The summed E-state index contributed by atoms with van der Waals surface area (Å²) < 4.78 is 37.3. The topological polar surface area (TPSA) is 76.2 Å². The first-order valence-corrected chi connectivity index (χ1v) is 10.4. The van der Waals surface area contributed by atoms with Crippen LogP contribution in [-0.2, 0) is 24.3 Å². The van der Waals surface area contributed by atoms with Gasteiger partial charge < -0.3 is 14.4 Å². The Morgan fingerprint density at radius 2 is 1.77 bits per heavy atom. The van der Waals surface area contributed by atoms with E-state index in [-0.39, 0.29) is 29.6 Å². The number of hydrogen-bond donors (Lipinski definition) is 0. The zero-order valence-electron chi connectivity index (χ0n) is 14.6. The first-order chi connectivity index (χ1) is 12.4. The molecular formula is C17H23ClN2O5S. The third kappa shape index (κ3) is 4.37. The van der Waals surface area contributed by atoms with Crippen molar-refractivity contribution in [2.24, 2.45) is 5.92 Å². The van der Waals surface area contributed by atoms with Crippen LogP contribution in [0.2, 0.25) is 5.02 Å². The summed E-state index contributed by atoms with van der Waals surface area (Å²) in [7, 11) is -2.31. The van der Waals surface area contributed by atoms with Crippen LogP contribution in [0, 0.1) is 5.92 Å². The minimum absolute atomic E-state index is 0.117. The number of carbonyl (C=O) groups excluding carboxylic acids is 1. The fourth-order valence-electron chi connectivity index (χ4n) is 3.23. The van der Waals surface area contributed by atoms with Gasteiger partial charge in [0.25, 0.3) is 0 Å². The van der Waals surface area contributed by atoms with Crippen molar-refractivity contribution in [3.63, 3.8) is 0 Å². The molecule has 2 saturated heterocycles. The van der Waals surface area contributed by atoms with Gasteiger partial charge in [-0.25, -0.2) is 8.42 Å². The molecule has 2 heterocycles. The van der Waals surface area contributed by atoms with Gasteiger partial charge in [0.2, 0.25) is 15.9 Å². The van der Waals surface area contributed by atoms with Gasteiger partial charge in [-0.2, -0.15) is 4.31 Å². The molecule has 0 atom stereocenters. The standard InChI is InChI=1S/C17H23ClN2O5S/c1-19(26(22,23)15-4-2-14(18)3-5-15)12-16(21)20-8-6-13(7-9-20)17-24-10-11-25-17/h2-5,13,17H,6-12H2,1H3. The molecule has 0 unspecified atom stereocenters. The number of halogens is 1. The zero-order chi connectivity index (χ0) is 18.7. The molecule has 0 aliphatic carbocycles. The number of rotatable bonds is 5. The van der Waals surface area contributed by atoms with Crippen molar-refractivity contribution in [2.45, 2.75) is 24.0 Å². The Morgan fingerprint density at radius 1 is 1.19 bits per heavy atom. The number of likely N-dealkylation sites (N-methyl/N-ethyl adjacent to an activating group) is 1. The fourth-order valence-corrected chi connectivity index (χ4v) is 4.48. The Balaban J connectivity index is 1.55. The van der Waals surface area contributed by atoms with E-state index in [1.54, 1.807) is 4.90 Å². The average Bonchev–Trinajstić information content (AvgIpc) is 3.17. The lowest BCUT2D eigenvalue weighted by Crippen LogP contribution is -2.46. The van der Waals surface area contributed by atoms with Crippen molar-refractivity contribution in [2.75, 3.05) is 39.9 Å². The lowest BCUT2D eigenvalue weighted by molar-refractivity contribution is -0.136. The van der Waals surface area contributed by atoms with Crippen LogP contribution in [0.15, 0.2) is 29.2 Å². The summed E-state index contributed by atoms with van der Waals surface area (Å²) >= 11 is 5.80. The van der Waals surface area contributed by atoms with Crippen LogP contribution in [0.1, 0.15) is 12.8 Å². The summed E-state index contributed by atoms with van der Waals surface area (Å²) in [6.45, 7) is 2.23. The first kappa shape index (κ1) is 19.6. The summed E-state index contributed by atoms with van der Waals surface area (Å²) in [5.41, 5.74) is 0. The van der Waals surface area contributed by atoms with Crippen LogP contribution in [0.3, 0.4) is 0 Å². The predicted molar refractivity (Wildman–Crippen MR) is 96.3 cm³/mol. The molecule has 144 valence electrons. The molecule has 9 heteroatoms. The van der Waals surface area contributed by atoms with E-state index >= 15 is 0 Å². The highest BCUT2D eigenvalue weighted by molar-refractivity contribution is 7.89. The molecule has 1 aromatic rings. The van der Waals surface area contributed by atoms with E-state index in [2.05, 4.69) is 0 Å². The van der Waals surface area contributed by atoms with Crippen molar-refractivity contribution in [3.8, 4) is 0 Å². The van der Waals surface area contributed by atoms with Gasteiger partial charge in [0, 0.05) is 31.1 Å². The third-order valence-electron chi connectivity index (χ3n) is 4.80. The van der Waals surface area contributed by atoms with Crippen molar-refractivity contribution < 1.29 is 22.7 Å². The number of carbonyl (C=O) groups is 1. The maximum absolute atomic E-state index is 12.6. The van der Waals surface area contributed by atoms with Gasteiger partial charge in [0.15, 0.2) is 6.29 Å². The Kier molecular flexibility index (Phi) is 6.19. The highest BCUT2D eigenvalue weighted by Crippen LogP contribution is 2.26. The minimum Gasteiger partial charge on any atom is -0.350 e. The van der Waals surface area contributed by atoms with Gasteiger partial charge in [-0.1, -0.05) is 11.6 Å². The minimum atomic E-state index is -3.73. The Morgan fingerprint density at radius 3 is 2.35 bits per heavy atom. The molecule has 26 heavy (non-hydrogen) atoms. The van der Waals surface area contributed by atoms with E-state index in [0.29, 0.717) is 31.3 Å². The molecule has 1 aromatic carbocycles. The number of nitrogens with zero attached hydrogens (tertiary/aromatic N) is 2. The van der Waals surface area contributed by atoms with Crippen LogP contribution < -0.4 is 0 Å². The monoisotopic (exact) mass is 402 g/mol. The molecule has 0 radical (unpaired) electrons. The molecule has 3 rings (SSSR count). The van der Waals surface area contributed by atoms with Crippen molar-refractivity contribution in [3.05, 3.63) is 29.3 Å². The van der Waals surface area contributed by atoms with Crippen molar-refractivity contribution in [1.82, 2.24) is 9.21 Å². The maximum atomic E-state index is 12.6. The molecule has 7 nitrogen and oxygen atoms in total. The summed E-state index contributed by atoms with van der Waals surface area (Å²) in [6, 6.07) is 5.90. The lowest BCUT2D eigenvalue weighted by atomic mass is 9.96. The van der Waals surface area contributed by atoms with E-state index in [0.717, 1.165) is 17.1 Å². The molecule has 1 amide bonds. The predicted octanol–water partition coefficient (Wildman–Crippen LogP) is 1.57. The lowest BCUT2D eigenvalue weighted by Gasteiger charge is -2.34. The molecule has 0 saturated carbocycles. The maximum Gasteiger partial charge on any atom is 0.243 e. The summed E-state index contributed by atoms with van der Waals surface area (Å²) in [5, 5.41) is 0.459. The number of piperidine rings is 1. The highest BCUT2D eigenvalue weighted by atomic mass is 35.5. The van der Waals surface area contributed by atoms with Crippen molar-refractivity contribution in [1.29, 1.82) is 0 Å². The molecule has 0 spiro atoms.